The number of quaternary nitrogens is 1. The summed E-state index contributed by atoms with van der Waals surface area (Å²) in [7, 11) is 0. The first kappa shape index (κ1) is 18.4. The van der Waals surface area contributed by atoms with Crippen LogP contribution in [0.4, 0.5) is 0 Å². The molecule has 126 valence electrons. The minimum absolute atomic E-state index is 0.122. The van der Waals surface area contributed by atoms with E-state index in [1.165, 1.54) is 11.3 Å². The number of nitrogens with two attached hydrogens (primary N) is 2. The lowest BCUT2D eigenvalue weighted by Gasteiger charge is -2.18. The Balaban J connectivity index is 1.88. The molecule has 23 heavy (non-hydrogen) atoms. The molecule has 0 aliphatic rings. The van der Waals surface area contributed by atoms with Crippen LogP contribution in [0.15, 0.2) is 21.9 Å². The number of carbonyl (C=O) groups excluding carboxylic acids is 1. The van der Waals surface area contributed by atoms with E-state index in [9.17, 15) is 9.90 Å². The van der Waals surface area contributed by atoms with Crippen LogP contribution in [0.5, 0.6) is 0 Å². The quantitative estimate of drug-likeness (QED) is 0.646. The number of nitrogens with zero attached hydrogens (tertiary/aromatic N) is 1. The number of thiazole rings is 1. The van der Waals surface area contributed by atoms with Gasteiger partial charge in [0.25, 0.3) is 5.91 Å². The number of carbonyl (C=O) groups is 1. The molecule has 0 unspecified atom stereocenters. The van der Waals surface area contributed by atoms with Gasteiger partial charge in [0.2, 0.25) is 0 Å². The van der Waals surface area contributed by atoms with E-state index in [4.69, 9.17) is 5.73 Å². The first-order chi connectivity index (χ1) is 10.7. The summed E-state index contributed by atoms with van der Waals surface area (Å²) in [4.78, 5) is 17.2. The smallest absolute Gasteiger partial charge is 0.258 e. The van der Waals surface area contributed by atoms with Crippen molar-refractivity contribution in [2.75, 3.05) is 12.3 Å². The Labute approximate surface area is 148 Å². The van der Waals surface area contributed by atoms with Crippen molar-refractivity contribution in [2.24, 2.45) is 5.73 Å². The van der Waals surface area contributed by atoms with Crippen molar-refractivity contribution in [3.8, 4) is 10.6 Å². The van der Waals surface area contributed by atoms with Crippen LogP contribution in [0.3, 0.4) is 0 Å². The summed E-state index contributed by atoms with van der Waals surface area (Å²) in [5.41, 5.74) is 6.24. The highest BCUT2D eigenvalue weighted by atomic mass is 32.2. The topological polar surface area (TPSA) is 92.8 Å². The van der Waals surface area contributed by atoms with Crippen LogP contribution >= 0.6 is 34.4 Å². The Hall–Kier alpha value is -0.930. The lowest BCUT2D eigenvalue weighted by Crippen LogP contribution is -2.96. The Morgan fingerprint density at radius 1 is 1.48 bits per heavy atom. The van der Waals surface area contributed by atoms with Crippen molar-refractivity contribution in [3.05, 3.63) is 22.4 Å². The minimum Gasteiger partial charge on any atom is -0.386 e. The number of aliphatic hydroxyl groups excluding tert-OH is 1. The third-order valence-electron chi connectivity index (χ3n) is 2.99. The number of amides is 1. The normalized spacial score (nSPS) is 13.2. The Bertz CT molecular complexity index is 661. The molecule has 0 aliphatic carbocycles. The molecule has 2 rings (SSSR count). The Kier molecular flexibility index (Phi) is 6.21. The Morgan fingerprint density at radius 2 is 2.22 bits per heavy atom. The zero-order valence-electron chi connectivity index (χ0n) is 13.4. The predicted molar refractivity (Wildman–Crippen MR) is 97.2 cm³/mol. The second-order valence-electron chi connectivity index (χ2n) is 6.30. The molecule has 0 radical (unpaired) electrons. The fraction of sp³-hybridized carbons (Fsp3) is 0.467. The summed E-state index contributed by atoms with van der Waals surface area (Å²) in [6.45, 7) is 7.06. The molecular weight excluding hydrogens is 350 g/mol. The van der Waals surface area contributed by atoms with E-state index in [0.717, 1.165) is 14.9 Å². The summed E-state index contributed by atoms with van der Waals surface area (Å²) in [5.74, 6) is 0.209. The molecule has 2 aromatic heterocycles. The molecular formula is C15H22N3O2S3+. The van der Waals surface area contributed by atoms with Crippen molar-refractivity contribution >= 4 is 40.3 Å². The predicted octanol–water partition coefficient (Wildman–Crippen LogP) is 1.79. The van der Waals surface area contributed by atoms with Gasteiger partial charge in [0.05, 0.1) is 21.0 Å². The molecule has 5 nitrogen and oxygen atoms in total. The maximum Gasteiger partial charge on any atom is 0.258 e. The Morgan fingerprint density at radius 3 is 2.83 bits per heavy atom. The molecule has 0 saturated carbocycles. The van der Waals surface area contributed by atoms with Gasteiger partial charge in [-0.2, -0.15) is 0 Å². The van der Waals surface area contributed by atoms with Crippen molar-refractivity contribution in [1.29, 1.82) is 0 Å². The van der Waals surface area contributed by atoms with E-state index >= 15 is 0 Å². The van der Waals surface area contributed by atoms with Crippen LogP contribution in [0.2, 0.25) is 0 Å². The van der Waals surface area contributed by atoms with Gasteiger partial charge < -0.3 is 16.2 Å². The fourth-order valence-electron chi connectivity index (χ4n) is 1.77. The van der Waals surface area contributed by atoms with E-state index in [1.54, 1.807) is 29.2 Å². The number of hydrogen-bond donors (Lipinski definition) is 3. The average molecular weight is 373 g/mol. The van der Waals surface area contributed by atoms with Gasteiger partial charge in [-0.1, -0.05) is 11.8 Å². The van der Waals surface area contributed by atoms with Crippen molar-refractivity contribution in [3.63, 3.8) is 0 Å². The summed E-state index contributed by atoms with van der Waals surface area (Å²) in [5, 5.41) is 14.1. The molecule has 2 heterocycles. The van der Waals surface area contributed by atoms with Crippen LogP contribution < -0.4 is 11.1 Å². The molecule has 0 spiro atoms. The van der Waals surface area contributed by atoms with Gasteiger partial charge >= 0.3 is 0 Å². The molecule has 1 amide bonds. The molecule has 0 aromatic carbocycles. The van der Waals surface area contributed by atoms with Crippen molar-refractivity contribution in [2.45, 2.75) is 36.8 Å². The zero-order valence-corrected chi connectivity index (χ0v) is 15.9. The van der Waals surface area contributed by atoms with E-state index in [2.05, 4.69) is 31.1 Å². The highest BCUT2D eigenvalue weighted by Crippen LogP contribution is 2.32. The summed E-state index contributed by atoms with van der Waals surface area (Å²) in [6, 6.07) is 3.59. The van der Waals surface area contributed by atoms with Gasteiger partial charge in [-0.15, -0.1) is 22.7 Å². The number of aromatic nitrogens is 1. The van der Waals surface area contributed by atoms with Gasteiger partial charge in [0.15, 0.2) is 4.34 Å². The maximum atomic E-state index is 11.1. The lowest BCUT2D eigenvalue weighted by molar-refractivity contribution is -0.721. The monoisotopic (exact) mass is 372 g/mol. The molecule has 0 fully saturated rings. The third-order valence-corrected chi connectivity index (χ3v) is 6.27. The average Bonchev–Trinajstić information content (AvgIpc) is 3.10. The number of hydrogen-bond acceptors (Lipinski definition) is 6. The van der Waals surface area contributed by atoms with E-state index in [-0.39, 0.29) is 11.6 Å². The lowest BCUT2D eigenvalue weighted by atomic mass is 10.1. The van der Waals surface area contributed by atoms with Gasteiger partial charge in [0.1, 0.15) is 12.6 Å². The van der Waals surface area contributed by atoms with Crippen LogP contribution in [-0.4, -0.2) is 39.9 Å². The van der Waals surface area contributed by atoms with Crippen LogP contribution in [-0.2, 0) is 0 Å². The third kappa shape index (κ3) is 5.89. The SMILES string of the molecule is CC(C)(C)[NH2+]C[C@@H](O)CSc1nc(-c2ccc(C(N)=O)s2)cs1. The van der Waals surface area contributed by atoms with Gasteiger partial charge in [-0.05, 0) is 32.9 Å². The van der Waals surface area contributed by atoms with Gasteiger partial charge in [0, 0.05) is 11.1 Å². The van der Waals surface area contributed by atoms with Gasteiger partial charge in [-0.25, -0.2) is 4.98 Å². The fourth-order valence-corrected chi connectivity index (χ4v) is 4.46. The second kappa shape index (κ2) is 7.76. The maximum absolute atomic E-state index is 11.1. The molecule has 5 N–H and O–H groups in total. The van der Waals surface area contributed by atoms with Crippen LogP contribution in [0, 0.1) is 0 Å². The van der Waals surface area contributed by atoms with Gasteiger partial charge in [-0.3, -0.25) is 4.79 Å². The highest BCUT2D eigenvalue weighted by Gasteiger charge is 2.17. The first-order valence-electron chi connectivity index (χ1n) is 7.25. The molecule has 0 saturated heterocycles. The van der Waals surface area contributed by atoms with E-state index in [0.29, 0.717) is 17.2 Å². The summed E-state index contributed by atoms with van der Waals surface area (Å²) in [6.07, 6.45) is -0.366. The molecule has 0 aliphatic heterocycles. The highest BCUT2D eigenvalue weighted by molar-refractivity contribution is 8.01. The molecule has 0 bridgehead atoms. The number of thioether (sulfide) groups is 1. The standard InChI is InChI=1S/C15H21N3O2S3/c1-15(2,3)17-6-9(19)7-21-14-18-10(8-22-14)11-4-5-12(23-11)13(16)20/h4-5,8-9,17,19H,6-7H2,1-3H3,(H2,16,20)/p+1/t9-/m1/s1. The number of primary amides is 1. The molecule has 2 aromatic rings. The van der Waals surface area contributed by atoms with Crippen LogP contribution in [0.25, 0.3) is 10.6 Å². The van der Waals surface area contributed by atoms with Crippen molar-refractivity contribution < 1.29 is 15.2 Å². The number of rotatable bonds is 7. The second-order valence-corrected chi connectivity index (χ2v) is 9.51. The molecule has 8 heteroatoms. The summed E-state index contributed by atoms with van der Waals surface area (Å²) < 4.78 is 0.920. The number of aliphatic hydroxyl groups is 1. The van der Waals surface area contributed by atoms with E-state index in [1.807, 2.05) is 11.4 Å². The first-order valence-corrected chi connectivity index (χ1v) is 9.93. The summed E-state index contributed by atoms with van der Waals surface area (Å²) >= 11 is 4.46. The zero-order chi connectivity index (χ0) is 17.0. The largest absolute Gasteiger partial charge is 0.386 e. The molecule has 1 atom stereocenters. The van der Waals surface area contributed by atoms with E-state index < -0.39 is 5.91 Å². The minimum atomic E-state index is -0.413. The number of thiophene rings is 1. The van der Waals surface area contributed by atoms with Crippen LogP contribution in [0.1, 0.15) is 30.4 Å². The van der Waals surface area contributed by atoms with Crippen molar-refractivity contribution in [1.82, 2.24) is 4.98 Å².